The highest BCUT2D eigenvalue weighted by molar-refractivity contribution is 7.92. The van der Waals surface area contributed by atoms with Crippen molar-refractivity contribution in [3.8, 4) is 0 Å². The molecule has 6 nitrogen and oxygen atoms in total. The van der Waals surface area contributed by atoms with Gasteiger partial charge in [-0.15, -0.1) is 0 Å². The first-order valence-corrected chi connectivity index (χ1v) is 9.60. The van der Waals surface area contributed by atoms with Crippen molar-refractivity contribution in [3.63, 3.8) is 0 Å². The fourth-order valence-electron chi connectivity index (χ4n) is 3.00. The Bertz CT molecular complexity index is 750. The highest BCUT2D eigenvalue weighted by Gasteiger charge is 2.34. The molecule has 1 fully saturated rings. The average molecular weight is 379 g/mol. The van der Waals surface area contributed by atoms with E-state index in [1.807, 2.05) is 0 Å². The van der Waals surface area contributed by atoms with Crippen molar-refractivity contribution >= 4 is 27.3 Å². The van der Waals surface area contributed by atoms with Gasteiger partial charge in [-0.2, -0.15) is 13.2 Å². The molecule has 140 valence electrons. The number of benzene rings is 1. The smallest absolute Gasteiger partial charge is 0.330 e. The molecule has 1 saturated carbocycles. The molecular formula is C15H20F3N3O3S. The van der Waals surface area contributed by atoms with Gasteiger partial charge in [0.15, 0.2) is 0 Å². The Balaban J connectivity index is 2.33. The summed E-state index contributed by atoms with van der Waals surface area (Å²) < 4.78 is 63.7. The summed E-state index contributed by atoms with van der Waals surface area (Å²) in [5, 5.41) is 2.43. The summed E-state index contributed by atoms with van der Waals surface area (Å²) in [6, 6.07) is 2.45. The molecule has 0 aromatic heterocycles. The molecule has 0 heterocycles. The number of sulfonamides is 1. The van der Waals surface area contributed by atoms with Crippen LogP contribution in [-0.4, -0.2) is 27.1 Å². The summed E-state index contributed by atoms with van der Waals surface area (Å²) >= 11 is 0. The Morgan fingerprint density at radius 2 is 1.96 bits per heavy atom. The first-order valence-electron chi connectivity index (χ1n) is 7.71. The average Bonchev–Trinajstić information content (AvgIpc) is 2.95. The molecule has 1 amide bonds. The van der Waals surface area contributed by atoms with Crippen molar-refractivity contribution in [1.29, 1.82) is 0 Å². The first-order chi connectivity index (χ1) is 11.5. The number of hydrogen-bond donors (Lipinski definition) is 3. The second-order valence-corrected chi connectivity index (χ2v) is 7.90. The fourth-order valence-corrected chi connectivity index (χ4v) is 3.58. The molecule has 0 radical (unpaired) electrons. The van der Waals surface area contributed by atoms with Crippen LogP contribution in [-0.2, 0) is 21.0 Å². The summed E-state index contributed by atoms with van der Waals surface area (Å²) in [5.74, 6) is -0.883. The zero-order chi connectivity index (χ0) is 18.8. The first kappa shape index (κ1) is 19.5. The number of rotatable bonds is 5. The van der Waals surface area contributed by atoms with Crippen molar-refractivity contribution in [2.75, 3.05) is 22.8 Å². The largest absolute Gasteiger partial charge is 0.416 e. The maximum Gasteiger partial charge on any atom is 0.416 e. The molecule has 1 aromatic carbocycles. The topological polar surface area (TPSA) is 101 Å². The van der Waals surface area contributed by atoms with E-state index < -0.39 is 33.6 Å². The summed E-state index contributed by atoms with van der Waals surface area (Å²) in [7, 11) is -3.72. The van der Waals surface area contributed by atoms with Gasteiger partial charge in [-0.3, -0.25) is 9.52 Å². The zero-order valence-corrected chi connectivity index (χ0v) is 14.4. The summed E-state index contributed by atoms with van der Waals surface area (Å²) in [4.78, 5) is 12.4. The van der Waals surface area contributed by atoms with Gasteiger partial charge >= 0.3 is 6.18 Å². The number of halogens is 3. The van der Waals surface area contributed by atoms with Gasteiger partial charge in [-0.1, -0.05) is 6.42 Å². The highest BCUT2D eigenvalue weighted by Crippen LogP contribution is 2.36. The molecule has 1 aliphatic carbocycles. The maximum absolute atomic E-state index is 12.9. The highest BCUT2D eigenvalue weighted by atomic mass is 32.2. The molecule has 0 bridgehead atoms. The van der Waals surface area contributed by atoms with Gasteiger partial charge in [0.25, 0.3) is 0 Å². The predicted molar refractivity (Wildman–Crippen MR) is 88.4 cm³/mol. The van der Waals surface area contributed by atoms with Gasteiger partial charge in [0.2, 0.25) is 15.9 Å². The number of nitrogens with one attached hydrogen (secondary N) is 2. The number of hydrogen-bond acceptors (Lipinski definition) is 4. The Morgan fingerprint density at radius 1 is 1.28 bits per heavy atom. The number of alkyl halides is 3. The van der Waals surface area contributed by atoms with Gasteiger partial charge in [0, 0.05) is 5.92 Å². The molecule has 2 atom stereocenters. The normalized spacial score (nSPS) is 21.2. The number of nitrogens with two attached hydrogens (primary N) is 1. The number of anilines is 2. The minimum absolute atomic E-state index is 0.0304. The van der Waals surface area contributed by atoms with Crippen molar-refractivity contribution in [2.24, 2.45) is 17.6 Å². The lowest BCUT2D eigenvalue weighted by atomic mass is 9.95. The lowest BCUT2D eigenvalue weighted by Gasteiger charge is -2.20. The van der Waals surface area contributed by atoms with Crippen LogP contribution in [0.4, 0.5) is 24.5 Å². The van der Waals surface area contributed by atoms with E-state index in [2.05, 4.69) is 10.0 Å². The van der Waals surface area contributed by atoms with E-state index in [-0.39, 0.29) is 17.3 Å². The van der Waals surface area contributed by atoms with E-state index >= 15 is 0 Å². The van der Waals surface area contributed by atoms with E-state index in [1.54, 1.807) is 0 Å². The molecule has 0 spiro atoms. The number of carbonyl (C=O) groups excluding carboxylic acids is 1. The van der Waals surface area contributed by atoms with E-state index in [9.17, 15) is 26.4 Å². The van der Waals surface area contributed by atoms with Crippen molar-refractivity contribution in [1.82, 2.24) is 0 Å². The molecule has 10 heteroatoms. The molecule has 4 N–H and O–H groups in total. The zero-order valence-electron chi connectivity index (χ0n) is 13.6. The predicted octanol–water partition coefficient (Wildman–Crippen LogP) is 2.39. The minimum Gasteiger partial charge on any atom is -0.330 e. The molecule has 0 aliphatic heterocycles. The van der Waals surface area contributed by atoms with E-state index in [0.717, 1.165) is 37.3 Å². The third kappa shape index (κ3) is 5.08. The van der Waals surface area contributed by atoms with Crippen LogP contribution in [0.5, 0.6) is 0 Å². The summed E-state index contributed by atoms with van der Waals surface area (Å²) in [5.41, 5.74) is 4.30. The monoisotopic (exact) mass is 379 g/mol. The lowest BCUT2D eigenvalue weighted by Crippen LogP contribution is -2.30. The SMILES string of the molecule is CS(=O)(=O)Nc1ccc(C(F)(F)F)cc1NC(=O)[C@@H]1CCC[C@@H]1CN. The van der Waals surface area contributed by atoms with Crippen LogP contribution in [0.3, 0.4) is 0 Å². The molecule has 1 aromatic rings. The van der Waals surface area contributed by atoms with Gasteiger partial charge in [-0.05, 0) is 43.5 Å². The Labute approximate surface area is 144 Å². The van der Waals surface area contributed by atoms with Crippen LogP contribution >= 0.6 is 0 Å². The molecule has 0 saturated heterocycles. The van der Waals surface area contributed by atoms with Crippen LogP contribution < -0.4 is 15.8 Å². The van der Waals surface area contributed by atoms with E-state index in [1.165, 1.54) is 0 Å². The van der Waals surface area contributed by atoms with Crippen molar-refractivity contribution < 1.29 is 26.4 Å². The van der Waals surface area contributed by atoms with Gasteiger partial charge in [-0.25, -0.2) is 8.42 Å². The molecule has 1 aliphatic rings. The quantitative estimate of drug-likeness (QED) is 0.731. The molecular weight excluding hydrogens is 359 g/mol. The van der Waals surface area contributed by atoms with Crippen LogP contribution in [0.15, 0.2) is 18.2 Å². The maximum atomic E-state index is 12.9. The Morgan fingerprint density at radius 3 is 2.52 bits per heavy atom. The van der Waals surface area contributed by atoms with E-state index in [4.69, 9.17) is 5.73 Å². The van der Waals surface area contributed by atoms with Crippen LogP contribution in [0.2, 0.25) is 0 Å². The van der Waals surface area contributed by atoms with Gasteiger partial charge in [0.1, 0.15) is 0 Å². The van der Waals surface area contributed by atoms with Crippen molar-refractivity contribution in [2.45, 2.75) is 25.4 Å². The lowest BCUT2D eigenvalue weighted by molar-refractivity contribution is -0.137. The van der Waals surface area contributed by atoms with Gasteiger partial charge in [0.05, 0.1) is 23.2 Å². The van der Waals surface area contributed by atoms with Crippen LogP contribution in [0.25, 0.3) is 0 Å². The fraction of sp³-hybridized carbons (Fsp3) is 0.533. The molecule has 0 unspecified atom stereocenters. The number of amides is 1. The van der Waals surface area contributed by atoms with Crippen LogP contribution in [0, 0.1) is 11.8 Å². The Kier molecular flexibility index (Phi) is 5.62. The summed E-state index contributed by atoms with van der Waals surface area (Å²) in [6.07, 6.45) is -1.54. The molecule has 25 heavy (non-hydrogen) atoms. The number of carbonyl (C=O) groups is 1. The van der Waals surface area contributed by atoms with Crippen LogP contribution in [0.1, 0.15) is 24.8 Å². The van der Waals surface area contributed by atoms with Crippen molar-refractivity contribution in [3.05, 3.63) is 23.8 Å². The third-order valence-corrected chi connectivity index (χ3v) is 4.79. The Hall–Kier alpha value is -1.81. The third-order valence-electron chi connectivity index (χ3n) is 4.20. The second-order valence-electron chi connectivity index (χ2n) is 6.15. The van der Waals surface area contributed by atoms with E-state index in [0.29, 0.717) is 13.0 Å². The second kappa shape index (κ2) is 7.20. The molecule has 2 rings (SSSR count). The standard InChI is InChI=1S/C15H20F3N3O3S/c1-25(23,24)21-12-6-5-10(15(16,17)18)7-13(12)20-14(22)11-4-2-3-9(11)8-19/h5-7,9,11,21H,2-4,8,19H2,1H3,(H,20,22)/t9-,11-/m1/s1. The minimum atomic E-state index is -4.61. The summed E-state index contributed by atoms with van der Waals surface area (Å²) in [6.45, 7) is 0.315. The van der Waals surface area contributed by atoms with Gasteiger partial charge < -0.3 is 11.1 Å².